The Hall–Kier alpha value is -1.02. The highest BCUT2D eigenvalue weighted by molar-refractivity contribution is 7.80. The molecule has 2 aliphatic rings. The third-order valence-corrected chi connectivity index (χ3v) is 4.10. The first kappa shape index (κ1) is 9.22. The molecule has 0 aromatic heterocycles. The fraction of sp³-hybridized carbons (Fsp3) is 0.385. The van der Waals surface area contributed by atoms with Gasteiger partial charge in [-0.2, -0.15) is 0 Å². The van der Waals surface area contributed by atoms with Gasteiger partial charge in [-0.05, 0) is 30.9 Å². The van der Waals surface area contributed by atoms with E-state index in [4.69, 9.17) is 12.2 Å². The number of nitrogens with zero attached hydrogens (tertiary/aromatic N) is 1. The number of benzene rings is 1. The van der Waals surface area contributed by atoms with Crippen LogP contribution in [0.15, 0.2) is 29.3 Å². The summed E-state index contributed by atoms with van der Waals surface area (Å²) in [5, 5.41) is 0. The van der Waals surface area contributed by atoms with Crippen molar-refractivity contribution in [3.8, 4) is 0 Å². The summed E-state index contributed by atoms with van der Waals surface area (Å²) in [6, 6.07) is 8.39. The molecule has 1 aliphatic heterocycles. The number of aliphatic imine (C=N–C) groups is 1. The first-order valence-electron chi connectivity index (χ1n) is 5.51. The molecule has 0 radical (unpaired) electrons. The largest absolute Gasteiger partial charge is 0.260 e. The van der Waals surface area contributed by atoms with E-state index in [9.17, 15) is 0 Å². The Morgan fingerprint density at radius 2 is 2.07 bits per heavy atom. The standard InChI is InChI=1S/C13H13NS/c15-12-7-3-4-8-13(12)9-14-11-6-2-1-5-10(11)13/h1-2,5-6,9H,3-4,7-8H2. The summed E-state index contributed by atoms with van der Waals surface area (Å²) in [6.45, 7) is 0. The Morgan fingerprint density at radius 3 is 2.93 bits per heavy atom. The number of fused-ring (bicyclic) bond motifs is 2. The van der Waals surface area contributed by atoms with Crippen LogP contribution < -0.4 is 0 Å². The lowest BCUT2D eigenvalue weighted by Crippen LogP contribution is -2.37. The Kier molecular flexibility index (Phi) is 1.99. The highest BCUT2D eigenvalue weighted by Gasteiger charge is 2.41. The molecule has 1 fully saturated rings. The highest BCUT2D eigenvalue weighted by Crippen LogP contribution is 2.44. The Balaban J connectivity index is 2.15. The molecular weight excluding hydrogens is 202 g/mol. The maximum Gasteiger partial charge on any atom is 0.0671 e. The third kappa shape index (κ3) is 1.21. The predicted molar refractivity (Wildman–Crippen MR) is 67.3 cm³/mol. The molecule has 1 nitrogen and oxygen atoms in total. The van der Waals surface area contributed by atoms with E-state index in [1.165, 1.54) is 23.3 Å². The minimum absolute atomic E-state index is 0.00414. The topological polar surface area (TPSA) is 12.4 Å². The van der Waals surface area contributed by atoms with Gasteiger partial charge in [-0.25, -0.2) is 0 Å². The van der Waals surface area contributed by atoms with Crippen molar-refractivity contribution in [3.63, 3.8) is 0 Å². The lowest BCUT2D eigenvalue weighted by atomic mass is 9.71. The second-order valence-electron chi connectivity index (χ2n) is 4.38. The van der Waals surface area contributed by atoms with Crippen LogP contribution in [0.25, 0.3) is 0 Å². The second kappa shape index (κ2) is 3.24. The van der Waals surface area contributed by atoms with Crippen LogP contribution in [-0.2, 0) is 5.41 Å². The van der Waals surface area contributed by atoms with Crippen molar-refractivity contribution in [2.45, 2.75) is 31.1 Å². The molecule has 1 unspecified atom stereocenters. The first-order valence-corrected chi connectivity index (χ1v) is 5.92. The molecule has 1 aliphatic carbocycles. The second-order valence-corrected chi connectivity index (χ2v) is 4.87. The van der Waals surface area contributed by atoms with Crippen LogP contribution in [0, 0.1) is 0 Å². The number of para-hydroxylation sites is 1. The van der Waals surface area contributed by atoms with Gasteiger partial charge in [0.2, 0.25) is 0 Å². The molecular formula is C13H13NS. The molecule has 0 N–H and O–H groups in total. The number of hydrogen-bond donors (Lipinski definition) is 0. The van der Waals surface area contributed by atoms with Gasteiger partial charge in [-0.3, -0.25) is 4.99 Å². The number of hydrogen-bond acceptors (Lipinski definition) is 2. The summed E-state index contributed by atoms with van der Waals surface area (Å²) in [4.78, 5) is 5.70. The lowest BCUT2D eigenvalue weighted by Gasteiger charge is -2.32. The summed E-state index contributed by atoms with van der Waals surface area (Å²) in [7, 11) is 0. The molecule has 2 heteroatoms. The van der Waals surface area contributed by atoms with Gasteiger partial charge in [-0.1, -0.05) is 36.8 Å². The maximum absolute atomic E-state index is 5.56. The maximum atomic E-state index is 5.56. The van der Waals surface area contributed by atoms with Crippen molar-refractivity contribution >= 4 is 29.0 Å². The zero-order valence-corrected chi connectivity index (χ0v) is 9.39. The average Bonchev–Trinajstić information content (AvgIpc) is 2.64. The smallest absolute Gasteiger partial charge is 0.0671 e. The third-order valence-electron chi connectivity index (χ3n) is 3.53. The molecule has 76 valence electrons. The summed E-state index contributed by atoms with van der Waals surface area (Å²) in [5.74, 6) is 0. The van der Waals surface area contributed by atoms with Gasteiger partial charge in [0.15, 0.2) is 0 Å². The molecule has 1 atom stereocenters. The van der Waals surface area contributed by atoms with Crippen molar-refractivity contribution in [1.82, 2.24) is 0 Å². The quantitative estimate of drug-likeness (QED) is 0.602. The van der Waals surface area contributed by atoms with E-state index in [-0.39, 0.29) is 5.41 Å². The summed E-state index contributed by atoms with van der Waals surface area (Å²) in [6.07, 6.45) is 6.82. The molecule has 1 heterocycles. The van der Waals surface area contributed by atoms with Crippen molar-refractivity contribution in [3.05, 3.63) is 29.8 Å². The monoisotopic (exact) mass is 215 g/mol. The van der Waals surface area contributed by atoms with E-state index in [0.717, 1.165) is 18.5 Å². The minimum atomic E-state index is 0.00414. The SMILES string of the molecule is S=C1CCCCC12C=Nc1ccccc12. The molecule has 1 saturated carbocycles. The fourth-order valence-corrected chi connectivity index (χ4v) is 3.10. The molecule has 0 amide bonds. The summed E-state index contributed by atoms with van der Waals surface area (Å²) in [5.41, 5.74) is 2.45. The Morgan fingerprint density at radius 1 is 1.20 bits per heavy atom. The fourth-order valence-electron chi connectivity index (χ4n) is 2.69. The van der Waals surface area contributed by atoms with Crippen molar-refractivity contribution in [1.29, 1.82) is 0 Å². The van der Waals surface area contributed by atoms with Crippen LogP contribution in [0.1, 0.15) is 31.2 Å². The van der Waals surface area contributed by atoms with Crippen LogP contribution in [-0.4, -0.2) is 11.1 Å². The minimum Gasteiger partial charge on any atom is -0.260 e. The summed E-state index contributed by atoms with van der Waals surface area (Å²) >= 11 is 5.56. The van der Waals surface area contributed by atoms with Crippen LogP contribution in [0.3, 0.4) is 0 Å². The molecule has 15 heavy (non-hydrogen) atoms. The zero-order chi connectivity index (χ0) is 10.3. The highest BCUT2D eigenvalue weighted by atomic mass is 32.1. The summed E-state index contributed by atoms with van der Waals surface area (Å²) < 4.78 is 0. The van der Waals surface area contributed by atoms with Gasteiger partial charge in [0.05, 0.1) is 11.1 Å². The predicted octanol–water partition coefficient (Wildman–Crippen LogP) is 3.58. The van der Waals surface area contributed by atoms with E-state index in [1.807, 2.05) is 6.07 Å². The molecule has 1 aromatic carbocycles. The van der Waals surface area contributed by atoms with Crippen LogP contribution in [0.2, 0.25) is 0 Å². The zero-order valence-electron chi connectivity index (χ0n) is 8.57. The van der Waals surface area contributed by atoms with Gasteiger partial charge in [0, 0.05) is 11.1 Å². The lowest BCUT2D eigenvalue weighted by molar-refractivity contribution is 0.575. The molecule has 1 aromatic rings. The van der Waals surface area contributed by atoms with Gasteiger partial charge in [-0.15, -0.1) is 0 Å². The van der Waals surface area contributed by atoms with Crippen molar-refractivity contribution in [2.24, 2.45) is 4.99 Å². The van der Waals surface area contributed by atoms with Gasteiger partial charge >= 0.3 is 0 Å². The van der Waals surface area contributed by atoms with Crippen molar-refractivity contribution in [2.75, 3.05) is 0 Å². The number of rotatable bonds is 0. The van der Waals surface area contributed by atoms with Crippen molar-refractivity contribution < 1.29 is 0 Å². The molecule has 0 saturated heterocycles. The van der Waals surface area contributed by atoms with E-state index in [2.05, 4.69) is 29.4 Å². The van der Waals surface area contributed by atoms with Gasteiger partial charge in [0.1, 0.15) is 0 Å². The Labute approximate surface area is 95.2 Å². The van der Waals surface area contributed by atoms with E-state index < -0.39 is 0 Å². The molecule has 0 bridgehead atoms. The van der Waals surface area contributed by atoms with Gasteiger partial charge in [0.25, 0.3) is 0 Å². The van der Waals surface area contributed by atoms with E-state index in [0.29, 0.717) is 0 Å². The van der Waals surface area contributed by atoms with Crippen LogP contribution in [0.5, 0.6) is 0 Å². The average molecular weight is 215 g/mol. The normalized spacial score (nSPS) is 28.4. The molecule has 3 rings (SSSR count). The molecule has 1 spiro atoms. The van der Waals surface area contributed by atoms with E-state index >= 15 is 0 Å². The number of thiocarbonyl (C=S) groups is 1. The Bertz CT molecular complexity index is 450. The first-order chi connectivity index (χ1) is 7.33. The van der Waals surface area contributed by atoms with Crippen LogP contribution >= 0.6 is 12.2 Å². The van der Waals surface area contributed by atoms with Gasteiger partial charge < -0.3 is 0 Å². The van der Waals surface area contributed by atoms with Crippen LogP contribution in [0.4, 0.5) is 5.69 Å². The van der Waals surface area contributed by atoms with E-state index in [1.54, 1.807) is 0 Å².